The first-order chi connectivity index (χ1) is 7.82. The minimum atomic E-state index is -0.894. The van der Waals surface area contributed by atoms with Crippen molar-refractivity contribution in [2.75, 3.05) is 19.8 Å². The molecule has 17 heavy (non-hydrogen) atoms. The predicted octanol–water partition coefficient (Wildman–Crippen LogP) is 0.522. The normalized spacial score (nSPS) is 10.4. The summed E-state index contributed by atoms with van der Waals surface area (Å²) < 4.78 is 13.1. The van der Waals surface area contributed by atoms with E-state index >= 15 is 0 Å². The van der Waals surface area contributed by atoms with Crippen molar-refractivity contribution in [3.63, 3.8) is 0 Å². The number of nitrogens with zero attached hydrogens (tertiary/aromatic N) is 2. The summed E-state index contributed by atoms with van der Waals surface area (Å²) in [5.74, 6) is -1.61. The first-order valence-corrected chi connectivity index (χ1v) is 4.54. The number of benzene rings is 1. The van der Waals surface area contributed by atoms with Gasteiger partial charge in [0, 0.05) is 14.1 Å². The van der Waals surface area contributed by atoms with E-state index in [0.717, 1.165) is 6.07 Å². The molecule has 0 saturated heterocycles. The van der Waals surface area contributed by atoms with Gasteiger partial charge in [0.25, 0.3) is 11.6 Å². The molecule has 1 aromatic rings. The molecule has 7 nitrogen and oxygen atoms in total. The molecule has 1 aromatic carbocycles. The fraction of sp³-hybridized carbons (Fsp3) is 0.222. The van der Waals surface area contributed by atoms with E-state index in [1.807, 2.05) is 0 Å². The van der Waals surface area contributed by atoms with Gasteiger partial charge < -0.3 is 5.73 Å². The average Bonchev–Trinajstić information content (AvgIpc) is 2.19. The van der Waals surface area contributed by atoms with Crippen molar-refractivity contribution in [2.45, 2.75) is 0 Å². The Bertz CT molecular complexity index is 476. The van der Waals surface area contributed by atoms with Crippen LogP contribution in [0.25, 0.3) is 0 Å². The second-order valence-electron chi connectivity index (χ2n) is 3.48. The van der Waals surface area contributed by atoms with E-state index in [1.165, 1.54) is 5.01 Å². The number of halogens is 1. The van der Waals surface area contributed by atoms with Crippen LogP contribution in [-0.4, -0.2) is 29.9 Å². The number of hydrogen-bond donors (Lipinski definition) is 2. The summed E-state index contributed by atoms with van der Waals surface area (Å²) in [5, 5.41) is 11.9. The standard InChI is InChI=1S/C9H11FN4O3/c1-13(2)12-9(15)6-3-5(10)4-7(8(6)11)14(16)17/h3-4H,11H2,1-2H3,(H,12,15). The Labute approximate surface area is 96.1 Å². The minimum Gasteiger partial charge on any atom is -0.393 e. The van der Waals surface area contributed by atoms with Crippen molar-refractivity contribution < 1.29 is 14.1 Å². The third-order valence-corrected chi connectivity index (χ3v) is 1.89. The van der Waals surface area contributed by atoms with E-state index in [-0.39, 0.29) is 11.3 Å². The van der Waals surface area contributed by atoms with E-state index < -0.39 is 22.3 Å². The lowest BCUT2D eigenvalue weighted by Gasteiger charge is -2.13. The number of nitrogens with one attached hydrogen (secondary N) is 1. The van der Waals surface area contributed by atoms with Crippen LogP contribution in [0, 0.1) is 15.9 Å². The molecule has 0 bridgehead atoms. The summed E-state index contributed by atoms with van der Waals surface area (Å²) in [6, 6.07) is 1.52. The Balaban J connectivity index is 3.25. The summed E-state index contributed by atoms with van der Waals surface area (Å²) >= 11 is 0. The van der Waals surface area contributed by atoms with Crippen LogP contribution in [0.2, 0.25) is 0 Å². The number of hydrogen-bond acceptors (Lipinski definition) is 5. The number of nitro groups is 1. The highest BCUT2D eigenvalue weighted by Crippen LogP contribution is 2.26. The van der Waals surface area contributed by atoms with Crippen molar-refractivity contribution in [1.29, 1.82) is 0 Å². The number of hydrazine groups is 1. The first kappa shape index (κ1) is 12.8. The van der Waals surface area contributed by atoms with Gasteiger partial charge in [0.15, 0.2) is 0 Å². The molecule has 0 aromatic heterocycles. The van der Waals surface area contributed by atoms with Crippen LogP contribution in [0.15, 0.2) is 12.1 Å². The lowest BCUT2D eigenvalue weighted by Crippen LogP contribution is -2.36. The van der Waals surface area contributed by atoms with Crippen LogP contribution in [0.4, 0.5) is 15.8 Å². The summed E-state index contributed by atoms with van der Waals surface area (Å²) in [6.07, 6.45) is 0. The Morgan fingerprint density at radius 2 is 2.12 bits per heavy atom. The molecule has 3 N–H and O–H groups in total. The molecule has 0 aliphatic heterocycles. The van der Waals surface area contributed by atoms with Crippen molar-refractivity contribution in [2.24, 2.45) is 0 Å². The molecule has 92 valence electrons. The number of anilines is 1. The number of carbonyl (C=O) groups is 1. The van der Waals surface area contributed by atoms with Crippen LogP contribution in [0.5, 0.6) is 0 Å². The van der Waals surface area contributed by atoms with Crippen LogP contribution >= 0.6 is 0 Å². The predicted molar refractivity (Wildman–Crippen MR) is 58.6 cm³/mol. The van der Waals surface area contributed by atoms with Crippen molar-refractivity contribution in [3.8, 4) is 0 Å². The van der Waals surface area contributed by atoms with Gasteiger partial charge >= 0.3 is 0 Å². The van der Waals surface area contributed by atoms with Gasteiger partial charge in [-0.25, -0.2) is 9.40 Å². The largest absolute Gasteiger partial charge is 0.393 e. The summed E-state index contributed by atoms with van der Waals surface area (Å²) in [4.78, 5) is 21.3. The van der Waals surface area contributed by atoms with Crippen LogP contribution < -0.4 is 11.2 Å². The zero-order valence-corrected chi connectivity index (χ0v) is 9.23. The Morgan fingerprint density at radius 1 is 1.53 bits per heavy atom. The second-order valence-corrected chi connectivity index (χ2v) is 3.48. The Hall–Kier alpha value is -2.22. The highest BCUT2D eigenvalue weighted by atomic mass is 19.1. The van der Waals surface area contributed by atoms with Gasteiger partial charge in [0.1, 0.15) is 11.5 Å². The van der Waals surface area contributed by atoms with Crippen LogP contribution in [0.3, 0.4) is 0 Å². The number of nitrogen functional groups attached to an aromatic ring is 1. The Kier molecular flexibility index (Phi) is 3.59. The summed E-state index contributed by atoms with van der Waals surface area (Å²) in [7, 11) is 3.09. The maximum Gasteiger partial charge on any atom is 0.295 e. The SMILES string of the molecule is CN(C)NC(=O)c1cc(F)cc([N+](=O)[O-])c1N. The van der Waals surface area contributed by atoms with Gasteiger partial charge in [-0.1, -0.05) is 0 Å². The monoisotopic (exact) mass is 242 g/mol. The maximum atomic E-state index is 13.1. The molecule has 0 aliphatic carbocycles. The number of amides is 1. The lowest BCUT2D eigenvalue weighted by molar-refractivity contribution is -0.384. The van der Waals surface area contributed by atoms with Crippen molar-refractivity contribution in [1.82, 2.24) is 10.4 Å². The molecule has 0 saturated carbocycles. The molecule has 0 aliphatic rings. The van der Waals surface area contributed by atoms with E-state index in [4.69, 9.17) is 5.73 Å². The minimum absolute atomic E-state index is 0.273. The molecule has 0 heterocycles. The van der Waals surface area contributed by atoms with Crippen LogP contribution in [-0.2, 0) is 0 Å². The van der Waals surface area contributed by atoms with Gasteiger partial charge in [0.2, 0.25) is 0 Å². The molecule has 0 spiro atoms. The average molecular weight is 242 g/mol. The van der Waals surface area contributed by atoms with E-state index in [1.54, 1.807) is 14.1 Å². The fourth-order valence-electron chi connectivity index (χ4n) is 1.21. The highest BCUT2D eigenvalue weighted by Gasteiger charge is 2.21. The number of nitrogens with two attached hydrogens (primary N) is 1. The van der Waals surface area contributed by atoms with E-state index in [9.17, 15) is 19.3 Å². The number of carbonyl (C=O) groups excluding carboxylic acids is 1. The summed E-state index contributed by atoms with van der Waals surface area (Å²) in [5.41, 5.74) is 6.49. The van der Waals surface area contributed by atoms with Gasteiger partial charge in [0.05, 0.1) is 16.6 Å². The van der Waals surface area contributed by atoms with Crippen molar-refractivity contribution in [3.05, 3.63) is 33.6 Å². The van der Waals surface area contributed by atoms with Gasteiger partial charge in [-0.3, -0.25) is 20.3 Å². The number of rotatable bonds is 3. The molecule has 0 fully saturated rings. The maximum absolute atomic E-state index is 13.1. The first-order valence-electron chi connectivity index (χ1n) is 4.54. The fourth-order valence-corrected chi connectivity index (χ4v) is 1.21. The highest BCUT2D eigenvalue weighted by molar-refractivity contribution is 6.00. The molecule has 0 radical (unpaired) electrons. The van der Waals surface area contributed by atoms with Crippen LogP contribution in [0.1, 0.15) is 10.4 Å². The van der Waals surface area contributed by atoms with Gasteiger partial charge in [-0.15, -0.1) is 0 Å². The molecular weight excluding hydrogens is 231 g/mol. The second kappa shape index (κ2) is 4.74. The zero-order chi connectivity index (χ0) is 13.2. The zero-order valence-electron chi connectivity index (χ0n) is 9.23. The third kappa shape index (κ3) is 2.88. The molecular formula is C9H11FN4O3. The summed E-state index contributed by atoms with van der Waals surface area (Å²) in [6.45, 7) is 0. The molecule has 8 heteroatoms. The lowest BCUT2D eigenvalue weighted by atomic mass is 10.1. The topological polar surface area (TPSA) is 102 Å². The smallest absolute Gasteiger partial charge is 0.295 e. The third-order valence-electron chi connectivity index (χ3n) is 1.89. The Morgan fingerprint density at radius 3 is 2.59 bits per heavy atom. The molecule has 0 unspecified atom stereocenters. The molecule has 0 atom stereocenters. The molecule has 1 amide bonds. The van der Waals surface area contributed by atoms with Gasteiger partial charge in [-0.2, -0.15) is 0 Å². The van der Waals surface area contributed by atoms with E-state index in [2.05, 4.69) is 5.43 Å². The quantitative estimate of drug-likeness (QED) is 0.457. The molecule has 1 rings (SSSR count). The van der Waals surface area contributed by atoms with E-state index in [0.29, 0.717) is 6.07 Å². The number of nitro benzene ring substituents is 1. The van der Waals surface area contributed by atoms with Gasteiger partial charge in [-0.05, 0) is 6.07 Å². The van der Waals surface area contributed by atoms with Crippen molar-refractivity contribution >= 4 is 17.3 Å².